The number of nitrogens with one attached hydrogen (secondary N) is 1. The van der Waals surface area contributed by atoms with Crippen molar-refractivity contribution in [3.05, 3.63) is 33.0 Å². The van der Waals surface area contributed by atoms with Gasteiger partial charge >= 0.3 is 5.97 Å². The van der Waals surface area contributed by atoms with E-state index in [9.17, 15) is 4.79 Å². The lowest BCUT2D eigenvalue weighted by Gasteiger charge is -2.02. The van der Waals surface area contributed by atoms with Gasteiger partial charge in [0.1, 0.15) is 0 Å². The molecular formula is C14H18N2O2S2. The minimum atomic E-state index is -0.163. The van der Waals surface area contributed by atoms with E-state index in [1.165, 1.54) is 11.1 Å². The highest BCUT2D eigenvalue weighted by Crippen LogP contribution is 2.19. The smallest absolute Gasteiger partial charge is 0.306 e. The van der Waals surface area contributed by atoms with Crippen LogP contribution in [0.25, 0.3) is 0 Å². The van der Waals surface area contributed by atoms with Crippen molar-refractivity contribution in [3.8, 4) is 0 Å². The second-order valence-corrected chi connectivity index (χ2v) is 5.98. The van der Waals surface area contributed by atoms with E-state index >= 15 is 0 Å². The van der Waals surface area contributed by atoms with Crippen molar-refractivity contribution in [2.75, 3.05) is 11.9 Å². The normalized spacial score (nSPS) is 10.5. The fourth-order valence-corrected chi connectivity index (χ4v) is 3.31. The second kappa shape index (κ2) is 7.40. The molecule has 108 valence electrons. The lowest BCUT2D eigenvalue weighted by Crippen LogP contribution is -2.05. The van der Waals surface area contributed by atoms with Crippen LogP contribution in [-0.2, 0) is 22.5 Å². The fourth-order valence-electron chi connectivity index (χ4n) is 1.71. The summed E-state index contributed by atoms with van der Waals surface area (Å²) in [5, 5.41) is 10.5. The van der Waals surface area contributed by atoms with Crippen molar-refractivity contribution in [2.24, 2.45) is 0 Å². The van der Waals surface area contributed by atoms with E-state index in [0.29, 0.717) is 19.4 Å². The van der Waals surface area contributed by atoms with Crippen molar-refractivity contribution in [2.45, 2.75) is 33.2 Å². The maximum atomic E-state index is 11.3. The van der Waals surface area contributed by atoms with Gasteiger partial charge in [-0.2, -0.15) is 11.3 Å². The number of nitrogens with zero attached hydrogens (tertiary/aromatic N) is 1. The summed E-state index contributed by atoms with van der Waals surface area (Å²) in [4.78, 5) is 15.8. The van der Waals surface area contributed by atoms with Crippen molar-refractivity contribution >= 4 is 33.8 Å². The summed E-state index contributed by atoms with van der Waals surface area (Å²) < 4.78 is 4.90. The number of hydrogen-bond donors (Lipinski definition) is 1. The molecule has 6 heteroatoms. The average molecular weight is 310 g/mol. The van der Waals surface area contributed by atoms with Gasteiger partial charge in [0.25, 0.3) is 0 Å². The Kier molecular flexibility index (Phi) is 5.55. The summed E-state index contributed by atoms with van der Waals surface area (Å²) in [5.74, 6) is -0.163. The maximum Gasteiger partial charge on any atom is 0.306 e. The van der Waals surface area contributed by atoms with E-state index in [1.807, 2.05) is 12.3 Å². The van der Waals surface area contributed by atoms with Crippen LogP contribution in [0.2, 0.25) is 0 Å². The number of ether oxygens (including phenoxy) is 1. The standard InChI is InChI=1S/C14H18N2O2S2/c1-3-18-13(17)5-4-12-9-20-14(16-12)15-6-11-8-19-7-10(11)2/h7-9H,3-6H2,1-2H3,(H,15,16). The number of esters is 1. The Morgan fingerprint density at radius 1 is 1.40 bits per heavy atom. The Morgan fingerprint density at radius 2 is 2.25 bits per heavy atom. The average Bonchev–Trinajstić information content (AvgIpc) is 3.03. The van der Waals surface area contributed by atoms with Gasteiger partial charge in [0.2, 0.25) is 0 Å². The highest BCUT2D eigenvalue weighted by Gasteiger charge is 2.07. The van der Waals surface area contributed by atoms with Gasteiger partial charge in [-0.3, -0.25) is 4.79 Å². The van der Waals surface area contributed by atoms with Gasteiger partial charge in [-0.1, -0.05) is 0 Å². The number of thiazole rings is 1. The summed E-state index contributed by atoms with van der Waals surface area (Å²) in [6.07, 6.45) is 1.02. The van der Waals surface area contributed by atoms with E-state index < -0.39 is 0 Å². The SMILES string of the molecule is CCOC(=O)CCc1csc(NCc2cscc2C)n1. The number of rotatable bonds is 7. The number of carbonyl (C=O) groups excluding carboxylic acids is 1. The summed E-state index contributed by atoms with van der Waals surface area (Å²) in [5.41, 5.74) is 3.55. The van der Waals surface area contributed by atoms with Gasteiger partial charge in [0.05, 0.1) is 18.7 Å². The minimum Gasteiger partial charge on any atom is -0.466 e. The van der Waals surface area contributed by atoms with Crippen LogP contribution in [0, 0.1) is 6.92 Å². The molecular weight excluding hydrogens is 292 g/mol. The summed E-state index contributed by atoms with van der Waals surface area (Å²) >= 11 is 3.29. The molecule has 0 aliphatic rings. The Labute approximate surface area is 126 Å². The molecule has 2 heterocycles. The number of thiophene rings is 1. The van der Waals surface area contributed by atoms with Gasteiger partial charge < -0.3 is 10.1 Å². The molecule has 0 saturated carbocycles. The molecule has 2 rings (SSSR count). The van der Waals surface area contributed by atoms with Gasteiger partial charge in [0, 0.05) is 18.3 Å². The number of carbonyl (C=O) groups is 1. The molecule has 0 atom stereocenters. The fraction of sp³-hybridized carbons (Fsp3) is 0.429. The van der Waals surface area contributed by atoms with Crippen molar-refractivity contribution in [1.29, 1.82) is 0 Å². The van der Waals surface area contributed by atoms with Crippen LogP contribution in [-0.4, -0.2) is 17.6 Å². The Morgan fingerprint density at radius 3 is 2.95 bits per heavy atom. The summed E-state index contributed by atoms with van der Waals surface area (Å²) in [7, 11) is 0. The highest BCUT2D eigenvalue weighted by atomic mass is 32.1. The Hall–Kier alpha value is -1.40. The van der Waals surface area contributed by atoms with E-state index in [-0.39, 0.29) is 5.97 Å². The van der Waals surface area contributed by atoms with Crippen LogP contribution in [0.15, 0.2) is 16.1 Å². The van der Waals surface area contributed by atoms with Crippen LogP contribution >= 0.6 is 22.7 Å². The van der Waals surface area contributed by atoms with Crippen LogP contribution in [0.1, 0.15) is 30.2 Å². The first kappa shape index (κ1) is 15.0. The molecule has 20 heavy (non-hydrogen) atoms. The first-order valence-electron chi connectivity index (χ1n) is 6.54. The zero-order chi connectivity index (χ0) is 14.4. The van der Waals surface area contributed by atoms with Gasteiger partial charge in [-0.05, 0) is 35.7 Å². The molecule has 0 unspecified atom stereocenters. The number of anilines is 1. The molecule has 2 aromatic rings. The van der Waals surface area contributed by atoms with E-state index in [0.717, 1.165) is 17.4 Å². The third-order valence-electron chi connectivity index (χ3n) is 2.83. The van der Waals surface area contributed by atoms with Gasteiger partial charge in [-0.15, -0.1) is 11.3 Å². The third kappa shape index (κ3) is 4.31. The van der Waals surface area contributed by atoms with Crippen molar-refractivity contribution in [1.82, 2.24) is 4.98 Å². The number of aromatic nitrogens is 1. The molecule has 4 nitrogen and oxygen atoms in total. The largest absolute Gasteiger partial charge is 0.466 e. The zero-order valence-corrected chi connectivity index (χ0v) is 13.3. The van der Waals surface area contributed by atoms with E-state index in [1.54, 1.807) is 22.7 Å². The van der Waals surface area contributed by atoms with E-state index in [4.69, 9.17) is 4.74 Å². The van der Waals surface area contributed by atoms with Gasteiger partial charge in [0.15, 0.2) is 5.13 Å². The number of hydrogen-bond acceptors (Lipinski definition) is 6. The predicted octanol–water partition coefficient (Wildman–Crippen LogP) is 3.62. The molecule has 0 aliphatic heterocycles. The Balaban J connectivity index is 1.80. The van der Waals surface area contributed by atoms with Crippen LogP contribution in [0.5, 0.6) is 0 Å². The molecule has 0 aliphatic carbocycles. The van der Waals surface area contributed by atoms with Crippen molar-refractivity contribution < 1.29 is 9.53 Å². The molecule has 0 amide bonds. The molecule has 0 aromatic carbocycles. The third-order valence-corrected chi connectivity index (χ3v) is 4.59. The van der Waals surface area contributed by atoms with E-state index in [2.05, 4.69) is 28.0 Å². The second-order valence-electron chi connectivity index (χ2n) is 4.38. The molecule has 1 N–H and O–H groups in total. The summed E-state index contributed by atoms with van der Waals surface area (Å²) in [6, 6.07) is 0. The molecule has 0 radical (unpaired) electrons. The van der Waals surface area contributed by atoms with Gasteiger partial charge in [-0.25, -0.2) is 4.98 Å². The lowest BCUT2D eigenvalue weighted by molar-refractivity contribution is -0.143. The number of aryl methyl sites for hydroxylation is 2. The van der Waals surface area contributed by atoms with Crippen LogP contribution in [0.4, 0.5) is 5.13 Å². The minimum absolute atomic E-state index is 0.163. The monoisotopic (exact) mass is 310 g/mol. The zero-order valence-electron chi connectivity index (χ0n) is 11.6. The molecule has 0 saturated heterocycles. The first-order chi connectivity index (χ1) is 9.69. The molecule has 0 bridgehead atoms. The van der Waals surface area contributed by atoms with Crippen LogP contribution < -0.4 is 5.32 Å². The first-order valence-corrected chi connectivity index (χ1v) is 8.37. The van der Waals surface area contributed by atoms with Crippen molar-refractivity contribution in [3.63, 3.8) is 0 Å². The summed E-state index contributed by atoms with van der Waals surface area (Å²) in [6.45, 7) is 5.15. The predicted molar refractivity (Wildman–Crippen MR) is 83.5 cm³/mol. The topological polar surface area (TPSA) is 51.2 Å². The lowest BCUT2D eigenvalue weighted by atomic mass is 10.2. The van der Waals surface area contributed by atoms with Crippen LogP contribution in [0.3, 0.4) is 0 Å². The highest BCUT2D eigenvalue weighted by molar-refractivity contribution is 7.13. The molecule has 0 spiro atoms. The Bertz CT molecular complexity index is 563. The molecule has 2 aromatic heterocycles. The molecule has 0 fully saturated rings. The maximum absolute atomic E-state index is 11.3. The quantitative estimate of drug-likeness (QED) is 0.794.